The maximum Gasteiger partial charge on any atom is 0.261 e. The first-order valence-electron chi connectivity index (χ1n) is 12.2. The summed E-state index contributed by atoms with van der Waals surface area (Å²) in [5, 5.41) is 17.9. The van der Waals surface area contributed by atoms with Gasteiger partial charge in [0, 0.05) is 24.0 Å². The van der Waals surface area contributed by atoms with Gasteiger partial charge in [-0.3, -0.25) is 14.3 Å². The molecule has 2 N–H and O–H groups in total. The maximum absolute atomic E-state index is 13.3. The van der Waals surface area contributed by atoms with Gasteiger partial charge in [0.15, 0.2) is 5.82 Å². The number of benzene rings is 1. The van der Waals surface area contributed by atoms with Crippen molar-refractivity contribution >= 4 is 28.3 Å². The summed E-state index contributed by atoms with van der Waals surface area (Å²) in [5.41, 5.74) is 2.73. The molecule has 9 heteroatoms. The van der Waals surface area contributed by atoms with Crippen molar-refractivity contribution in [2.75, 3.05) is 25.1 Å². The van der Waals surface area contributed by atoms with Crippen LogP contribution in [0.15, 0.2) is 35.3 Å². The Morgan fingerprint density at radius 1 is 1.37 bits per heavy atom. The molecule has 1 aliphatic carbocycles. The van der Waals surface area contributed by atoms with Crippen molar-refractivity contribution in [3.63, 3.8) is 0 Å². The Bertz CT molecular complexity index is 1350. The summed E-state index contributed by atoms with van der Waals surface area (Å²) in [5.74, 6) is 0.867. The van der Waals surface area contributed by atoms with Gasteiger partial charge in [0.05, 0.1) is 43.3 Å². The van der Waals surface area contributed by atoms with Crippen molar-refractivity contribution in [3.05, 3.63) is 51.9 Å². The van der Waals surface area contributed by atoms with Crippen molar-refractivity contribution < 1.29 is 9.53 Å². The van der Waals surface area contributed by atoms with Crippen LogP contribution in [0.4, 0.5) is 11.5 Å². The minimum atomic E-state index is -0.232. The highest BCUT2D eigenvalue weighted by molar-refractivity contribution is 5.97. The van der Waals surface area contributed by atoms with E-state index in [0.717, 1.165) is 30.5 Å². The molecule has 182 valence electrons. The number of nitrogens with zero attached hydrogens (tertiary/aromatic N) is 4. The minimum absolute atomic E-state index is 0.0131. The lowest BCUT2D eigenvalue weighted by molar-refractivity contribution is -0.00283. The summed E-state index contributed by atoms with van der Waals surface area (Å²) < 4.78 is 7.38. The second kappa shape index (κ2) is 9.55. The molecule has 2 aromatic heterocycles. The minimum Gasteiger partial charge on any atom is -0.377 e. The van der Waals surface area contributed by atoms with Gasteiger partial charge in [-0.05, 0) is 61.9 Å². The fraction of sp³-hybridized carbons (Fsp3) is 0.462. The molecule has 3 aromatic rings. The van der Waals surface area contributed by atoms with Gasteiger partial charge >= 0.3 is 0 Å². The number of rotatable bonds is 7. The molecule has 1 saturated carbocycles. The van der Waals surface area contributed by atoms with E-state index in [1.165, 1.54) is 0 Å². The molecular formula is C26H30N6O3. The summed E-state index contributed by atoms with van der Waals surface area (Å²) in [7, 11) is 0. The summed E-state index contributed by atoms with van der Waals surface area (Å²) in [4.78, 5) is 30.6. The number of aromatic nitrogens is 3. The number of carbonyl (C=O) groups is 1. The van der Waals surface area contributed by atoms with Crippen LogP contribution in [-0.4, -0.2) is 51.4 Å². The second-order valence-corrected chi connectivity index (χ2v) is 9.42. The Balaban J connectivity index is 1.46. The molecule has 1 amide bonds. The monoisotopic (exact) mass is 474 g/mol. The standard InChI is InChI=1S/C26H30N6O3/c1-3-19-15-35-13-12-31(19)26(34)20-7-6-18(14-16(20)2)29-24-23-22(9-11-28-25(23)33)32(30-24)21(8-10-27)17-4-5-17/h6-7,9,11,14,17,19,21H,3-5,8,12-13,15H2,1-2H3,(H,28,33)(H,29,30)/t19-,21+/m1/s1. The average molecular weight is 475 g/mol. The fourth-order valence-electron chi connectivity index (χ4n) is 5.00. The zero-order valence-corrected chi connectivity index (χ0v) is 20.1. The molecule has 1 aliphatic heterocycles. The van der Waals surface area contributed by atoms with Crippen LogP contribution in [0.3, 0.4) is 0 Å². The highest BCUT2D eigenvalue weighted by Crippen LogP contribution is 2.43. The molecule has 0 bridgehead atoms. The van der Waals surface area contributed by atoms with Crippen LogP contribution < -0.4 is 10.9 Å². The number of morpholine rings is 1. The van der Waals surface area contributed by atoms with Crippen LogP contribution in [0.25, 0.3) is 10.9 Å². The lowest BCUT2D eigenvalue weighted by Crippen LogP contribution is -2.48. The van der Waals surface area contributed by atoms with Gasteiger partial charge in [-0.1, -0.05) is 6.92 Å². The Morgan fingerprint density at radius 3 is 2.91 bits per heavy atom. The molecule has 35 heavy (non-hydrogen) atoms. The Labute approximate surface area is 203 Å². The topological polar surface area (TPSA) is 116 Å². The number of hydrogen-bond donors (Lipinski definition) is 2. The smallest absolute Gasteiger partial charge is 0.261 e. The SMILES string of the molecule is CC[C@@H]1COCCN1C(=O)c1ccc(Nc2nn([C@@H](CC#N)C3CC3)c3cc[nH]c(=O)c23)cc1C. The summed E-state index contributed by atoms with van der Waals surface area (Å²) >= 11 is 0. The zero-order valence-electron chi connectivity index (χ0n) is 20.1. The average Bonchev–Trinajstić information content (AvgIpc) is 3.64. The van der Waals surface area contributed by atoms with Crippen molar-refractivity contribution in [3.8, 4) is 6.07 Å². The number of amides is 1. The molecule has 0 spiro atoms. The van der Waals surface area contributed by atoms with Gasteiger partial charge in [0.25, 0.3) is 11.5 Å². The number of nitriles is 1. The van der Waals surface area contributed by atoms with Crippen molar-refractivity contribution in [2.45, 2.75) is 51.6 Å². The zero-order chi connectivity index (χ0) is 24.5. The van der Waals surface area contributed by atoms with Crippen molar-refractivity contribution in [2.24, 2.45) is 5.92 Å². The van der Waals surface area contributed by atoms with E-state index in [1.54, 1.807) is 6.20 Å². The van der Waals surface area contributed by atoms with Gasteiger partial charge in [0.2, 0.25) is 0 Å². The van der Waals surface area contributed by atoms with Crippen molar-refractivity contribution in [1.29, 1.82) is 5.26 Å². The van der Waals surface area contributed by atoms with Crippen LogP contribution in [0.2, 0.25) is 0 Å². The maximum atomic E-state index is 13.3. The highest BCUT2D eigenvalue weighted by atomic mass is 16.5. The second-order valence-electron chi connectivity index (χ2n) is 9.42. The van der Waals surface area contributed by atoms with E-state index in [1.807, 2.05) is 40.8 Å². The highest BCUT2D eigenvalue weighted by Gasteiger charge is 2.34. The van der Waals surface area contributed by atoms with E-state index in [9.17, 15) is 14.9 Å². The Kier molecular flexibility index (Phi) is 6.31. The van der Waals surface area contributed by atoms with Crippen LogP contribution in [0.1, 0.15) is 54.6 Å². The molecule has 2 atom stereocenters. The number of anilines is 2. The van der Waals surface area contributed by atoms with E-state index in [2.05, 4.69) is 23.3 Å². The van der Waals surface area contributed by atoms with Gasteiger partial charge in [0.1, 0.15) is 5.39 Å². The van der Waals surface area contributed by atoms with E-state index >= 15 is 0 Å². The predicted molar refractivity (Wildman–Crippen MR) is 133 cm³/mol. The Morgan fingerprint density at radius 2 is 2.20 bits per heavy atom. The van der Waals surface area contributed by atoms with E-state index < -0.39 is 0 Å². The van der Waals surface area contributed by atoms with Crippen molar-refractivity contribution in [1.82, 2.24) is 19.7 Å². The molecule has 9 nitrogen and oxygen atoms in total. The molecular weight excluding hydrogens is 444 g/mol. The molecule has 5 rings (SSSR count). The number of H-pyrrole nitrogens is 1. The van der Waals surface area contributed by atoms with Gasteiger partial charge < -0.3 is 19.9 Å². The molecule has 3 heterocycles. The van der Waals surface area contributed by atoms with Crippen LogP contribution >= 0.6 is 0 Å². The molecule has 0 radical (unpaired) electrons. The Hall–Kier alpha value is -3.64. The molecule has 2 aliphatic rings. The van der Waals surface area contributed by atoms with E-state index in [-0.39, 0.29) is 23.6 Å². The largest absolute Gasteiger partial charge is 0.377 e. The third-order valence-electron chi connectivity index (χ3n) is 7.09. The quantitative estimate of drug-likeness (QED) is 0.537. The first kappa shape index (κ1) is 23.1. The van der Waals surface area contributed by atoms with Crippen LogP contribution in [0, 0.1) is 24.2 Å². The summed E-state index contributed by atoms with van der Waals surface area (Å²) in [6, 6.07) is 9.72. The van der Waals surface area contributed by atoms with Gasteiger partial charge in [-0.2, -0.15) is 10.4 Å². The third kappa shape index (κ3) is 4.42. The number of nitrogens with one attached hydrogen (secondary N) is 2. The number of carbonyl (C=O) groups excluding carboxylic acids is 1. The molecule has 1 saturated heterocycles. The fourth-order valence-corrected chi connectivity index (χ4v) is 5.00. The number of aromatic amines is 1. The molecule has 2 fully saturated rings. The van der Waals surface area contributed by atoms with Gasteiger partial charge in [-0.25, -0.2) is 0 Å². The normalized spacial score (nSPS) is 18.9. The first-order chi connectivity index (χ1) is 17.0. The van der Waals surface area contributed by atoms with E-state index in [0.29, 0.717) is 54.4 Å². The lowest BCUT2D eigenvalue weighted by atomic mass is 10.0. The summed E-state index contributed by atoms with van der Waals surface area (Å²) in [6.07, 6.45) is 4.95. The van der Waals surface area contributed by atoms with Crippen LogP contribution in [0.5, 0.6) is 0 Å². The molecule has 0 unspecified atom stereocenters. The molecule has 1 aromatic carbocycles. The number of fused-ring (bicyclic) bond motifs is 1. The number of ether oxygens (including phenoxy) is 1. The first-order valence-corrected chi connectivity index (χ1v) is 12.2. The van der Waals surface area contributed by atoms with E-state index in [4.69, 9.17) is 9.84 Å². The number of pyridine rings is 1. The van der Waals surface area contributed by atoms with Gasteiger partial charge in [-0.15, -0.1) is 0 Å². The lowest BCUT2D eigenvalue weighted by Gasteiger charge is -2.35. The number of aryl methyl sites for hydroxylation is 1. The van der Waals surface area contributed by atoms with Crippen LogP contribution in [-0.2, 0) is 4.74 Å². The number of hydrogen-bond acceptors (Lipinski definition) is 6. The predicted octanol–water partition coefficient (Wildman–Crippen LogP) is 3.89. The third-order valence-corrected chi connectivity index (χ3v) is 7.09. The summed E-state index contributed by atoms with van der Waals surface area (Å²) in [6.45, 7) is 5.69.